The summed E-state index contributed by atoms with van der Waals surface area (Å²) in [5.41, 5.74) is 6.61. The van der Waals surface area contributed by atoms with E-state index >= 15 is 0 Å². The van der Waals surface area contributed by atoms with Gasteiger partial charge in [0.05, 0.1) is 13.3 Å². The van der Waals surface area contributed by atoms with Crippen molar-refractivity contribution in [2.45, 2.75) is 6.54 Å². The van der Waals surface area contributed by atoms with Crippen LogP contribution >= 0.6 is 0 Å². The number of nitrogens with zero attached hydrogens (tertiary/aromatic N) is 2. The fourth-order valence-corrected chi connectivity index (χ4v) is 2.10. The quantitative estimate of drug-likeness (QED) is 0.796. The van der Waals surface area contributed by atoms with Gasteiger partial charge in [0, 0.05) is 17.3 Å². The predicted molar refractivity (Wildman–Crippen MR) is 80.5 cm³/mol. The van der Waals surface area contributed by atoms with Crippen LogP contribution in [0.25, 0.3) is 10.8 Å². The van der Waals surface area contributed by atoms with Crippen LogP contribution in [0.4, 0.5) is 0 Å². The molecule has 0 atom stereocenters. The minimum atomic E-state index is 0.449. The highest BCUT2D eigenvalue weighted by atomic mass is 16.5. The molecule has 5 heteroatoms. The molecule has 5 nitrogen and oxygen atoms in total. The predicted octanol–water partition coefficient (Wildman–Crippen LogP) is 2.89. The number of hydrogen-bond acceptors (Lipinski definition) is 5. The first-order valence-electron chi connectivity index (χ1n) is 6.57. The zero-order valence-corrected chi connectivity index (χ0v) is 11.6. The minimum absolute atomic E-state index is 0.449. The van der Waals surface area contributed by atoms with E-state index < -0.39 is 0 Å². The fraction of sp³-hybridized carbons (Fsp3) is 0.125. The summed E-state index contributed by atoms with van der Waals surface area (Å²) in [7, 11) is 1.59. The molecule has 0 saturated heterocycles. The molecule has 0 saturated carbocycles. The molecule has 0 aliphatic rings. The zero-order valence-electron chi connectivity index (χ0n) is 11.6. The van der Waals surface area contributed by atoms with Crippen LogP contribution in [0.3, 0.4) is 0 Å². The zero-order chi connectivity index (χ0) is 14.7. The van der Waals surface area contributed by atoms with Crippen LogP contribution in [0, 0.1) is 0 Å². The summed E-state index contributed by atoms with van der Waals surface area (Å²) in [6.07, 6.45) is 1.71. The second-order valence-electron chi connectivity index (χ2n) is 4.53. The normalized spacial score (nSPS) is 10.6. The number of ether oxygens (including phenoxy) is 2. The van der Waals surface area contributed by atoms with Crippen LogP contribution in [-0.2, 0) is 6.54 Å². The number of methoxy groups -OCH3 is 1. The molecule has 0 radical (unpaired) electrons. The maximum atomic E-state index is 5.87. The Morgan fingerprint density at radius 3 is 2.76 bits per heavy atom. The molecular weight excluding hydrogens is 266 g/mol. The van der Waals surface area contributed by atoms with Gasteiger partial charge in [0.1, 0.15) is 0 Å². The summed E-state index contributed by atoms with van der Waals surface area (Å²) < 4.78 is 11.2. The standard InChI is InChI=1S/C16H15N3O2/c1-20-15-8-11(9-17)6-7-14(15)21-16-13-5-3-2-4-12(13)10-18-19-16/h2-8,10H,9,17H2,1H3. The number of fused-ring (bicyclic) bond motifs is 1. The van der Waals surface area contributed by atoms with Gasteiger partial charge in [0.15, 0.2) is 11.5 Å². The molecule has 1 heterocycles. The topological polar surface area (TPSA) is 70.3 Å². The van der Waals surface area contributed by atoms with Gasteiger partial charge in [-0.25, -0.2) is 0 Å². The van der Waals surface area contributed by atoms with Crippen molar-refractivity contribution in [1.82, 2.24) is 10.2 Å². The molecule has 21 heavy (non-hydrogen) atoms. The molecule has 0 spiro atoms. The Bertz CT molecular complexity index is 769. The van der Waals surface area contributed by atoms with Crippen molar-refractivity contribution in [3.8, 4) is 17.4 Å². The third-order valence-corrected chi connectivity index (χ3v) is 3.21. The van der Waals surface area contributed by atoms with Crippen LogP contribution in [-0.4, -0.2) is 17.3 Å². The Morgan fingerprint density at radius 2 is 1.95 bits per heavy atom. The summed E-state index contributed by atoms with van der Waals surface area (Å²) in [5.74, 6) is 1.65. The Labute approximate surface area is 122 Å². The molecule has 3 rings (SSSR count). The van der Waals surface area contributed by atoms with Gasteiger partial charge in [-0.15, -0.1) is 5.10 Å². The van der Waals surface area contributed by atoms with Crippen LogP contribution in [0.1, 0.15) is 5.56 Å². The molecule has 0 aliphatic carbocycles. The summed E-state index contributed by atoms with van der Waals surface area (Å²) in [5, 5.41) is 9.90. The van der Waals surface area contributed by atoms with E-state index in [0.29, 0.717) is 23.9 Å². The van der Waals surface area contributed by atoms with E-state index in [1.54, 1.807) is 13.3 Å². The van der Waals surface area contributed by atoms with E-state index in [-0.39, 0.29) is 0 Å². The third kappa shape index (κ3) is 2.64. The monoisotopic (exact) mass is 281 g/mol. The van der Waals surface area contributed by atoms with Gasteiger partial charge in [0.25, 0.3) is 0 Å². The third-order valence-electron chi connectivity index (χ3n) is 3.21. The number of benzene rings is 2. The molecule has 0 bridgehead atoms. The SMILES string of the molecule is COc1cc(CN)ccc1Oc1nncc2ccccc12. The van der Waals surface area contributed by atoms with Gasteiger partial charge in [-0.05, 0) is 23.8 Å². The Balaban J connectivity index is 2.02. The first kappa shape index (κ1) is 13.3. The Kier molecular flexibility index (Phi) is 3.66. The van der Waals surface area contributed by atoms with E-state index in [1.165, 1.54) is 0 Å². The van der Waals surface area contributed by atoms with Gasteiger partial charge in [-0.3, -0.25) is 0 Å². The molecule has 0 fully saturated rings. The van der Waals surface area contributed by atoms with Crippen molar-refractivity contribution in [2.24, 2.45) is 5.73 Å². The first-order chi connectivity index (χ1) is 10.3. The maximum absolute atomic E-state index is 5.87. The van der Waals surface area contributed by atoms with Crippen molar-refractivity contribution in [1.29, 1.82) is 0 Å². The van der Waals surface area contributed by atoms with E-state index in [2.05, 4.69) is 10.2 Å². The van der Waals surface area contributed by atoms with Crippen LogP contribution in [0.2, 0.25) is 0 Å². The van der Waals surface area contributed by atoms with Gasteiger partial charge in [0.2, 0.25) is 5.88 Å². The molecule has 0 unspecified atom stereocenters. The fourth-order valence-electron chi connectivity index (χ4n) is 2.10. The van der Waals surface area contributed by atoms with E-state index in [0.717, 1.165) is 16.3 Å². The van der Waals surface area contributed by atoms with Crippen molar-refractivity contribution >= 4 is 10.8 Å². The average molecular weight is 281 g/mol. The summed E-state index contributed by atoms with van der Waals surface area (Å²) in [6.45, 7) is 0.449. The van der Waals surface area contributed by atoms with E-state index in [1.807, 2.05) is 42.5 Å². The van der Waals surface area contributed by atoms with E-state index in [4.69, 9.17) is 15.2 Å². The smallest absolute Gasteiger partial charge is 0.246 e. The lowest BCUT2D eigenvalue weighted by molar-refractivity contribution is 0.373. The van der Waals surface area contributed by atoms with Crippen LogP contribution in [0.5, 0.6) is 17.4 Å². The molecule has 2 aromatic carbocycles. The molecule has 3 aromatic rings. The lowest BCUT2D eigenvalue weighted by Crippen LogP contribution is -1.99. The Hall–Kier alpha value is -2.66. The average Bonchev–Trinajstić information content (AvgIpc) is 2.55. The van der Waals surface area contributed by atoms with Gasteiger partial charge in [-0.2, -0.15) is 5.10 Å². The summed E-state index contributed by atoms with van der Waals surface area (Å²) in [4.78, 5) is 0. The van der Waals surface area contributed by atoms with E-state index in [9.17, 15) is 0 Å². The van der Waals surface area contributed by atoms with Gasteiger partial charge in [-0.1, -0.05) is 24.3 Å². The molecule has 1 aromatic heterocycles. The highest BCUT2D eigenvalue weighted by Gasteiger charge is 2.10. The number of hydrogen-bond donors (Lipinski definition) is 1. The minimum Gasteiger partial charge on any atom is -0.493 e. The van der Waals surface area contributed by atoms with Crippen molar-refractivity contribution in [3.05, 3.63) is 54.2 Å². The maximum Gasteiger partial charge on any atom is 0.246 e. The molecule has 106 valence electrons. The summed E-state index contributed by atoms with van der Waals surface area (Å²) in [6, 6.07) is 13.4. The molecular formula is C16H15N3O2. The molecule has 0 amide bonds. The van der Waals surface area contributed by atoms with Crippen LogP contribution < -0.4 is 15.2 Å². The lowest BCUT2D eigenvalue weighted by atomic mass is 10.2. The van der Waals surface area contributed by atoms with Gasteiger partial charge >= 0.3 is 0 Å². The lowest BCUT2D eigenvalue weighted by Gasteiger charge is -2.11. The highest BCUT2D eigenvalue weighted by Crippen LogP contribution is 2.33. The number of nitrogens with two attached hydrogens (primary N) is 1. The largest absolute Gasteiger partial charge is 0.493 e. The number of aromatic nitrogens is 2. The van der Waals surface area contributed by atoms with Crippen molar-refractivity contribution in [3.63, 3.8) is 0 Å². The van der Waals surface area contributed by atoms with Crippen LogP contribution in [0.15, 0.2) is 48.7 Å². The first-order valence-corrected chi connectivity index (χ1v) is 6.57. The highest BCUT2D eigenvalue weighted by molar-refractivity contribution is 5.86. The second kappa shape index (κ2) is 5.76. The number of rotatable bonds is 4. The molecule has 0 aliphatic heterocycles. The second-order valence-corrected chi connectivity index (χ2v) is 4.53. The summed E-state index contributed by atoms with van der Waals surface area (Å²) >= 11 is 0. The van der Waals surface area contributed by atoms with Crippen molar-refractivity contribution < 1.29 is 9.47 Å². The van der Waals surface area contributed by atoms with Crippen molar-refractivity contribution in [2.75, 3.05) is 7.11 Å². The Morgan fingerprint density at radius 1 is 1.10 bits per heavy atom. The van der Waals surface area contributed by atoms with Gasteiger partial charge < -0.3 is 15.2 Å². The molecule has 2 N–H and O–H groups in total.